The van der Waals surface area contributed by atoms with E-state index < -0.39 is 32.6 Å². The van der Waals surface area contributed by atoms with E-state index in [0.29, 0.717) is 6.42 Å². The topological polar surface area (TPSA) is 110 Å². The Balaban J connectivity index is 1.99. The average Bonchev–Trinajstić information content (AvgIpc) is 2.35. The molecule has 1 saturated heterocycles. The lowest BCUT2D eigenvalue weighted by molar-refractivity contribution is -0.145. The molecule has 1 heterocycles. The van der Waals surface area contributed by atoms with Crippen LogP contribution in [0.4, 0.5) is 4.79 Å². The molecule has 0 aromatic carbocycles. The predicted molar refractivity (Wildman–Crippen MR) is 74.6 cm³/mol. The molecule has 0 radical (unpaired) electrons. The molecule has 0 aromatic heterocycles. The van der Waals surface area contributed by atoms with E-state index >= 15 is 0 Å². The molecule has 0 bridgehead atoms. The monoisotopic (exact) mass is 317 g/mol. The summed E-state index contributed by atoms with van der Waals surface area (Å²) in [5.41, 5.74) is 0. The lowest BCUT2D eigenvalue weighted by Gasteiger charge is -2.49. The molecule has 2 fully saturated rings. The molecule has 1 saturated carbocycles. The molecule has 1 spiro atoms. The first-order valence-electron chi connectivity index (χ1n) is 6.79. The van der Waals surface area contributed by atoms with Gasteiger partial charge in [0.1, 0.15) is 6.61 Å². The van der Waals surface area contributed by atoms with Gasteiger partial charge in [-0.05, 0) is 25.7 Å². The quantitative estimate of drug-likeness (QED) is 0.739. The fourth-order valence-corrected chi connectivity index (χ4v) is 5.48. The predicted octanol–water partition coefficient (Wildman–Crippen LogP) is 0.709. The summed E-state index contributed by atoms with van der Waals surface area (Å²) in [6.45, 7) is 3.52. The fraction of sp³-hybridized carbons (Fsp3) is 0.692. The van der Waals surface area contributed by atoms with Crippen LogP contribution in [0, 0.1) is 5.92 Å². The standard InChI is InChI=1S/C13H19NO6S/c1-2-4-20-12(17)14-10-3-5-21(18,19)13(8-10)6-9(7-13)11(15)16/h2,9-10H,1,3-8H2,(H,14,17)(H,15,16). The molecular weight excluding hydrogens is 298 g/mol. The van der Waals surface area contributed by atoms with Crippen LogP contribution in [0.3, 0.4) is 0 Å². The number of carbonyl (C=O) groups excluding carboxylic acids is 1. The first-order chi connectivity index (χ1) is 9.79. The summed E-state index contributed by atoms with van der Waals surface area (Å²) in [4.78, 5) is 22.4. The van der Waals surface area contributed by atoms with Crippen molar-refractivity contribution < 1.29 is 27.9 Å². The Labute approximate surface area is 123 Å². The zero-order valence-corrected chi connectivity index (χ0v) is 12.4. The Morgan fingerprint density at radius 3 is 2.62 bits per heavy atom. The third kappa shape index (κ3) is 3.04. The maximum absolute atomic E-state index is 12.2. The van der Waals surface area contributed by atoms with Crippen LogP contribution in [0.15, 0.2) is 12.7 Å². The third-order valence-electron chi connectivity index (χ3n) is 4.25. The molecule has 2 aliphatic rings. The second-order valence-electron chi connectivity index (χ2n) is 5.67. The van der Waals surface area contributed by atoms with Crippen molar-refractivity contribution in [2.45, 2.75) is 36.5 Å². The number of nitrogens with one attached hydrogen (secondary N) is 1. The van der Waals surface area contributed by atoms with E-state index in [-0.39, 0.29) is 37.7 Å². The number of hydrogen-bond donors (Lipinski definition) is 2. The number of rotatable bonds is 4. The molecule has 1 amide bonds. The summed E-state index contributed by atoms with van der Waals surface area (Å²) < 4.78 is 28.2. The van der Waals surface area contributed by atoms with E-state index in [9.17, 15) is 18.0 Å². The van der Waals surface area contributed by atoms with E-state index in [1.54, 1.807) is 0 Å². The van der Waals surface area contributed by atoms with Crippen molar-refractivity contribution in [1.82, 2.24) is 5.32 Å². The van der Waals surface area contributed by atoms with Crippen molar-refractivity contribution in [2.24, 2.45) is 5.92 Å². The second-order valence-corrected chi connectivity index (χ2v) is 8.17. The molecule has 21 heavy (non-hydrogen) atoms. The maximum atomic E-state index is 12.2. The number of hydrogen-bond acceptors (Lipinski definition) is 5. The van der Waals surface area contributed by atoms with Crippen molar-refractivity contribution in [3.63, 3.8) is 0 Å². The van der Waals surface area contributed by atoms with E-state index in [0.717, 1.165) is 0 Å². The van der Waals surface area contributed by atoms with Crippen LogP contribution in [0.5, 0.6) is 0 Å². The van der Waals surface area contributed by atoms with Gasteiger partial charge >= 0.3 is 12.1 Å². The van der Waals surface area contributed by atoms with Gasteiger partial charge in [0.05, 0.1) is 16.4 Å². The van der Waals surface area contributed by atoms with Crippen molar-refractivity contribution in [3.8, 4) is 0 Å². The number of sulfone groups is 1. The summed E-state index contributed by atoms with van der Waals surface area (Å²) >= 11 is 0. The maximum Gasteiger partial charge on any atom is 0.407 e. The lowest BCUT2D eigenvalue weighted by Crippen LogP contribution is -2.60. The van der Waals surface area contributed by atoms with Crippen molar-refractivity contribution in [1.29, 1.82) is 0 Å². The number of ether oxygens (including phenoxy) is 1. The van der Waals surface area contributed by atoms with Gasteiger partial charge in [0.25, 0.3) is 0 Å². The van der Waals surface area contributed by atoms with Gasteiger partial charge in [-0.2, -0.15) is 0 Å². The number of carboxylic acid groups (broad SMARTS) is 1. The van der Waals surface area contributed by atoms with Crippen LogP contribution in [0.2, 0.25) is 0 Å². The summed E-state index contributed by atoms with van der Waals surface area (Å²) in [6.07, 6.45) is 1.67. The molecule has 0 aromatic rings. The summed E-state index contributed by atoms with van der Waals surface area (Å²) in [5.74, 6) is -1.60. The van der Waals surface area contributed by atoms with Crippen LogP contribution >= 0.6 is 0 Å². The Morgan fingerprint density at radius 1 is 1.38 bits per heavy atom. The number of carboxylic acids is 1. The van der Waals surface area contributed by atoms with Crippen LogP contribution in [0.25, 0.3) is 0 Å². The lowest BCUT2D eigenvalue weighted by atomic mass is 9.70. The summed E-state index contributed by atoms with van der Waals surface area (Å²) in [7, 11) is -3.31. The highest BCUT2D eigenvalue weighted by molar-refractivity contribution is 7.92. The van der Waals surface area contributed by atoms with Crippen LogP contribution in [0.1, 0.15) is 25.7 Å². The van der Waals surface area contributed by atoms with Crippen molar-refractivity contribution in [3.05, 3.63) is 12.7 Å². The van der Waals surface area contributed by atoms with Gasteiger partial charge in [-0.1, -0.05) is 12.7 Å². The summed E-state index contributed by atoms with van der Waals surface area (Å²) in [5, 5.41) is 11.6. The fourth-order valence-electron chi connectivity index (χ4n) is 3.09. The molecule has 1 unspecified atom stereocenters. The normalized spacial score (nSPS) is 33.7. The second kappa shape index (κ2) is 5.67. The van der Waals surface area contributed by atoms with Crippen molar-refractivity contribution >= 4 is 21.9 Å². The zero-order valence-electron chi connectivity index (χ0n) is 11.6. The molecule has 8 heteroatoms. The number of amides is 1. The van der Waals surface area contributed by atoms with Crippen LogP contribution in [-0.4, -0.2) is 48.7 Å². The van der Waals surface area contributed by atoms with E-state index in [1.165, 1.54) is 6.08 Å². The van der Waals surface area contributed by atoms with Gasteiger partial charge in [0.15, 0.2) is 9.84 Å². The van der Waals surface area contributed by atoms with Gasteiger partial charge < -0.3 is 15.2 Å². The average molecular weight is 317 g/mol. The molecule has 118 valence electrons. The number of aliphatic carboxylic acids is 1. The molecular formula is C13H19NO6S. The largest absolute Gasteiger partial charge is 0.481 e. The summed E-state index contributed by atoms with van der Waals surface area (Å²) in [6, 6.07) is -0.305. The van der Waals surface area contributed by atoms with Gasteiger partial charge in [-0.15, -0.1) is 0 Å². The number of alkyl carbamates (subject to hydrolysis) is 1. The molecule has 2 rings (SSSR count). The minimum absolute atomic E-state index is 0.0360. The molecule has 1 aliphatic heterocycles. The highest BCUT2D eigenvalue weighted by Crippen LogP contribution is 2.50. The number of carbonyl (C=O) groups is 2. The Hall–Kier alpha value is -1.57. The van der Waals surface area contributed by atoms with Crippen LogP contribution < -0.4 is 5.32 Å². The zero-order chi connectivity index (χ0) is 15.7. The molecule has 1 aliphatic carbocycles. The van der Waals surface area contributed by atoms with E-state index in [4.69, 9.17) is 9.84 Å². The molecule has 1 atom stereocenters. The first kappa shape index (κ1) is 15.8. The highest BCUT2D eigenvalue weighted by atomic mass is 32.2. The van der Waals surface area contributed by atoms with Crippen molar-refractivity contribution in [2.75, 3.05) is 12.4 Å². The third-order valence-corrected chi connectivity index (χ3v) is 6.85. The van der Waals surface area contributed by atoms with Gasteiger partial charge in [-0.3, -0.25) is 4.79 Å². The SMILES string of the molecule is C=CCOC(=O)NC1CCS(=O)(=O)C2(C1)CC(C(=O)O)C2. The van der Waals surface area contributed by atoms with Crippen LogP contribution in [-0.2, 0) is 19.4 Å². The van der Waals surface area contributed by atoms with E-state index in [1.807, 2.05) is 0 Å². The Bertz CT molecular complexity index is 549. The Morgan fingerprint density at radius 2 is 2.05 bits per heavy atom. The van der Waals surface area contributed by atoms with Gasteiger partial charge in [-0.25, -0.2) is 13.2 Å². The molecule has 7 nitrogen and oxygen atoms in total. The van der Waals surface area contributed by atoms with Gasteiger partial charge in [0.2, 0.25) is 0 Å². The highest BCUT2D eigenvalue weighted by Gasteiger charge is 2.58. The van der Waals surface area contributed by atoms with Gasteiger partial charge in [0, 0.05) is 6.04 Å². The molecule has 2 N–H and O–H groups in total. The Kier molecular flexibility index (Phi) is 4.27. The smallest absolute Gasteiger partial charge is 0.407 e. The first-order valence-corrected chi connectivity index (χ1v) is 8.44. The minimum Gasteiger partial charge on any atom is -0.481 e. The van der Waals surface area contributed by atoms with E-state index in [2.05, 4.69) is 11.9 Å². The minimum atomic E-state index is -3.31.